The summed E-state index contributed by atoms with van der Waals surface area (Å²) in [5.41, 5.74) is 4.59. The molecule has 3 aliphatic rings. The first kappa shape index (κ1) is 19.2. The maximum absolute atomic E-state index is 14.4. The van der Waals surface area contributed by atoms with E-state index in [1.807, 2.05) is 0 Å². The number of likely N-dealkylation sites (tertiary alicyclic amines) is 1. The quantitative estimate of drug-likeness (QED) is 0.778. The molecule has 2 heterocycles. The van der Waals surface area contributed by atoms with Crippen molar-refractivity contribution in [3.63, 3.8) is 0 Å². The van der Waals surface area contributed by atoms with E-state index >= 15 is 0 Å². The number of carbonyl (C=O) groups is 2. The Kier molecular flexibility index (Phi) is 5.03. The highest BCUT2D eigenvalue weighted by Gasteiger charge is 2.34. The lowest BCUT2D eigenvalue weighted by atomic mass is 9.90. The summed E-state index contributed by atoms with van der Waals surface area (Å²) >= 11 is 0. The molecule has 156 valence electrons. The number of nitrogens with zero attached hydrogens (tertiary/aromatic N) is 1. The van der Waals surface area contributed by atoms with Gasteiger partial charge in [0, 0.05) is 31.1 Å². The van der Waals surface area contributed by atoms with Gasteiger partial charge >= 0.3 is 0 Å². The molecule has 0 aromatic heterocycles. The topological polar surface area (TPSA) is 55.8 Å². The third-order valence-electron chi connectivity index (χ3n) is 6.19. The standard InChI is InChI=1S/C24H24FNO4/c25-22-10-23-18(8-19(27)14-30-23)9-21(22)24(28)26-11-20(12-26)29-13-15-5-6-16-3-1-2-4-17(16)7-15/h5-7,9-10,20H,1-4,8,11-14H2. The van der Waals surface area contributed by atoms with Crippen LogP contribution in [0.1, 0.15) is 45.5 Å². The van der Waals surface area contributed by atoms with E-state index in [4.69, 9.17) is 9.47 Å². The van der Waals surface area contributed by atoms with Crippen LogP contribution in [0.2, 0.25) is 0 Å². The molecular formula is C24H24FNO4. The first-order valence-electron chi connectivity index (χ1n) is 10.6. The second kappa shape index (κ2) is 7.84. The minimum Gasteiger partial charge on any atom is -0.485 e. The van der Waals surface area contributed by atoms with E-state index < -0.39 is 5.82 Å². The molecule has 0 bridgehead atoms. The fraction of sp³-hybridized carbons (Fsp3) is 0.417. The van der Waals surface area contributed by atoms with Crippen molar-refractivity contribution < 1.29 is 23.5 Å². The van der Waals surface area contributed by atoms with Crippen molar-refractivity contribution in [2.45, 2.75) is 44.8 Å². The predicted octanol–water partition coefficient (Wildman–Crippen LogP) is 3.25. The Morgan fingerprint density at radius 2 is 1.90 bits per heavy atom. The molecule has 0 N–H and O–H groups in total. The fourth-order valence-corrected chi connectivity index (χ4v) is 4.43. The molecule has 0 spiro atoms. The zero-order chi connectivity index (χ0) is 20.7. The molecule has 0 radical (unpaired) electrons. The van der Waals surface area contributed by atoms with E-state index in [1.165, 1.54) is 36.1 Å². The van der Waals surface area contributed by atoms with Crippen molar-refractivity contribution in [1.29, 1.82) is 0 Å². The monoisotopic (exact) mass is 409 g/mol. The lowest BCUT2D eigenvalue weighted by Gasteiger charge is -2.39. The third kappa shape index (κ3) is 3.72. The van der Waals surface area contributed by atoms with Gasteiger partial charge in [-0.05, 0) is 48.4 Å². The molecule has 0 atom stereocenters. The molecule has 5 rings (SSSR count). The lowest BCUT2D eigenvalue weighted by Crippen LogP contribution is -2.54. The summed E-state index contributed by atoms with van der Waals surface area (Å²) in [6.07, 6.45) is 4.94. The number of rotatable bonds is 4. The molecule has 2 aliphatic heterocycles. The highest BCUT2D eigenvalue weighted by atomic mass is 19.1. The second-order valence-electron chi connectivity index (χ2n) is 8.40. The van der Waals surface area contributed by atoms with Gasteiger partial charge in [-0.15, -0.1) is 0 Å². The maximum atomic E-state index is 14.4. The number of carbonyl (C=O) groups excluding carboxylic acids is 2. The average Bonchev–Trinajstić information content (AvgIpc) is 2.72. The number of hydrogen-bond donors (Lipinski definition) is 0. The van der Waals surface area contributed by atoms with Crippen molar-refractivity contribution in [2.75, 3.05) is 19.7 Å². The van der Waals surface area contributed by atoms with Crippen LogP contribution in [-0.4, -0.2) is 42.4 Å². The van der Waals surface area contributed by atoms with Crippen LogP contribution >= 0.6 is 0 Å². The van der Waals surface area contributed by atoms with Gasteiger partial charge in [0.1, 0.15) is 18.2 Å². The number of Topliss-reactive ketones (excluding diaryl/α,β-unsaturated/α-hetero) is 1. The number of amides is 1. The molecule has 2 aromatic carbocycles. The van der Waals surface area contributed by atoms with E-state index in [0.29, 0.717) is 31.0 Å². The normalized spacial score (nSPS) is 18.3. The minimum absolute atomic E-state index is 0.0137. The summed E-state index contributed by atoms with van der Waals surface area (Å²) in [5, 5.41) is 0. The molecule has 1 amide bonds. The van der Waals surface area contributed by atoms with Crippen LogP contribution in [0, 0.1) is 5.82 Å². The number of ketones is 1. The maximum Gasteiger partial charge on any atom is 0.257 e. The first-order valence-corrected chi connectivity index (χ1v) is 10.6. The van der Waals surface area contributed by atoms with Crippen LogP contribution < -0.4 is 4.74 Å². The van der Waals surface area contributed by atoms with Crippen molar-refractivity contribution in [3.8, 4) is 5.75 Å². The van der Waals surface area contributed by atoms with E-state index in [2.05, 4.69) is 18.2 Å². The molecule has 1 aliphatic carbocycles. The predicted molar refractivity (Wildman–Crippen MR) is 108 cm³/mol. The minimum atomic E-state index is -0.619. The average molecular weight is 409 g/mol. The largest absolute Gasteiger partial charge is 0.485 e. The Morgan fingerprint density at radius 3 is 2.73 bits per heavy atom. The molecule has 2 aromatic rings. The van der Waals surface area contributed by atoms with Gasteiger partial charge in [-0.1, -0.05) is 18.2 Å². The van der Waals surface area contributed by atoms with Crippen LogP contribution in [0.4, 0.5) is 4.39 Å². The molecule has 1 fully saturated rings. The van der Waals surface area contributed by atoms with Crippen LogP contribution in [0.25, 0.3) is 0 Å². The van der Waals surface area contributed by atoms with Gasteiger partial charge < -0.3 is 14.4 Å². The number of fused-ring (bicyclic) bond motifs is 2. The molecule has 0 saturated carbocycles. The Morgan fingerprint density at radius 1 is 1.10 bits per heavy atom. The summed E-state index contributed by atoms with van der Waals surface area (Å²) in [4.78, 5) is 25.9. The number of benzene rings is 2. The SMILES string of the molecule is O=C1COc2cc(F)c(C(=O)N3CC(OCc4ccc5c(c4)CCCC5)C3)cc2C1. The van der Waals surface area contributed by atoms with Crippen LogP contribution in [-0.2, 0) is 35.4 Å². The smallest absolute Gasteiger partial charge is 0.257 e. The van der Waals surface area contributed by atoms with Gasteiger partial charge in [0.15, 0.2) is 5.78 Å². The highest BCUT2D eigenvalue weighted by Crippen LogP contribution is 2.29. The summed E-state index contributed by atoms with van der Waals surface area (Å²) in [7, 11) is 0. The summed E-state index contributed by atoms with van der Waals surface area (Å²) in [5.74, 6) is -0.723. The third-order valence-corrected chi connectivity index (χ3v) is 6.19. The molecule has 30 heavy (non-hydrogen) atoms. The highest BCUT2D eigenvalue weighted by molar-refractivity contribution is 5.96. The molecule has 5 nitrogen and oxygen atoms in total. The fourth-order valence-electron chi connectivity index (χ4n) is 4.43. The van der Waals surface area contributed by atoms with E-state index in [-0.39, 0.29) is 36.4 Å². The van der Waals surface area contributed by atoms with Gasteiger partial charge in [0.05, 0.1) is 18.3 Å². The Labute approximate surface area is 174 Å². The van der Waals surface area contributed by atoms with E-state index in [0.717, 1.165) is 18.4 Å². The molecule has 6 heteroatoms. The number of halogens is 1. The number of ether oxygens (including phenoxy) is 2. The lowest BCUT2D eigenvalue weighted by molar-refractivity contribution is -0.121. The van der Waals surface area contributed by atoms with Crippen molar-refractivity contribution >= 4 is 11.7 Å². The van der Waals surface area contributed by atoms with E-state index in [1.54, 1.807) is 4.90 Å². The molecule has 0 unspecified atom stereocenters. The summed E-state index contributed by atoms with van der Waals surface area (Å²) in [6, 6.07) is 9.22. The Hall–Kier alpha value is -2.73. The van der Waals surface area contributed by atoms with Gasteiger partial charge in [0.25, 0.3) is 5.91 Å². The Bertz CT molecular complexity index is 1010. The molecular weight excluding hydrogens is 385 g/mol. The summed E-state index contributed by atoms with van der Waals surface area (Å²) < 4.78 is 25.6. The van der Waals surface area contributed by atoms with E-state index in [9.17, 15) is 14.0 Å². The molecule has 1 saturated heterocycles. The van der Waals surface area contributed by atoms with Gasteiger partial charge in [0.2, 0.25) is 0 Å². The van der Waals surface area contributed by atoms with Crippen LogP contribution in [0.15, 0.2) is 30.3 Å². The van der Waals surface area contributed by atoms with Gasteiger partial charge in [-0.25, -0.2) is 4.39 Å². The number of aryl methyl sites for hydroxylation is 2. The number of hydrogen-bond acceptors (Lipinski definition) is 4. The van der Waals surface area contributed by atoms with Crippen molar-refractivity contribution in [2.24, 2.45) is 0 Å². The zero-order valence-corrected chi connectivity index (χ0v) is 16.8. The van der Waals surface area contributed by atoms with Gasteiger partial charge in [-0.2, -0.15) is 0 Å². The van der Waals surface area contributed by atoms with Crippen molar-refractivity contribution in [1.82, 2.24) is 4.90 Å². The zero-order valence-electron chi connectivity index (χ0n) is 16.8. The Balaban J connectivity index is 1.18. The van der Waals surface area contributed by atoms with Crippen LogP contribution in [0.3, 0.4) is 0 Å². The van der Waals surface area contributed by atoms with Crippen molar-refractivity contribution in [3.05, 3.63) is 64.0 Å². The van der Waals surface area contributed by atoms with Crippen LogP contribution in [0.5, 0.6) is 5.75 Å². The summed E-state index contributed by atoms with van der Waals surface area (Å²) in [6.45, 7) is 1.35. The second-order valence-corrected chi connectivity index (χ2v) is 8.40. The first-order chi connectivity index (χ1) is 14.6. The van der Waals surface area contributed by atoms with Gasteiger partial charge in [-0.3, -0.25) is 9.59 Å².